The number of nitrogens with zero attached hydrogens (tertiary/aromatic N) is 1. The quantitative estimate of drug-likeness (QED) is 0.728. The van der Waals surface area contributed by atoms with Crippen molar-refractivity contribution in [3.63, 3.8) is 0 Å². The highest BCUT2D eigenvalue weighted by Gasteiger charge is 2.24. The zero-order chi connectivity index (χ0) is 17.9. The normalized spacial score (nSPS) is 17.5. The lowest BCUT2D eigenvalue weighted by Crippen LogP contribution is -2.51. The molecule has 0 aromatic heterocycles. The van der Waals surface area contributed by atoms with Gasteiger partial charge in [-0.2, -0.15) is 0 Å². The Bertz CT molecular complexity index is 632. The molecule has 1 aromatic rings. The summed E-state index contributed by atoms with van der Waals surface area (Å²) in [4.78, 5) is 26.5. The van der Waals surface area contributed by atoms with Crippen LogP contribution in [0.2, 0.25) is 5.02 Å². The van der Waals surface area contributed by atoms with E-state index in [1.807, 2.05) is 27.7 Å². The van der Waals surface area contributed by atoms with E-state index < -0.39 is 0 Å². The number of benzene rings is 1. The number of hydrogen-bond acceptors (Lipinski definition) is 3. The highest BCUT2D eigenvalue weighted by atomic mass is 35.5. The number of piperazine rings is 1. The molecular weight excluding hydrogens is 363 g/mol. The fraction of sp³-hybridized carbons (Fsp3) is 0.529. The van der Waals surface area contributed by atoms with E-state index in [4.69, 9.17) is 11.6 Å². The number of urea groups is 1. The molecule has 0 spiro atoms. The molecule has 1 saturated heterocycles. The molecule has 2 rings (SSSR count). The maximum absolute atomic E-state index is 12.7. The molecule has 1 atom stereocenters. The van der Waals surface area contributed by atoms with Crippen molar-refractivity contribution < 1.29 is 9.59 Å². The van der Waals surface area contributed by atoms with Gasteiger partial charge in [0.2, 0.25) is 0 Å². The van der Waals surface area contributed by atoms with Crippen LogP contribution in [0.25, 0.3) is 0 Å². The van der Waals surface area contributed by atoms with Crippen molar-refractivity contribution >= 4 is 41.6 Å². The highest BCUT2D eigenvalue weighted by Crippen LogP contribution is 2.23. The Balaban J connectivity index is 0.00000312. The second-order valence-corrected chi connectivity index (χ2v) is 7.54. The maximum Gasteiger partial charge on any atom is 0.319 e. The average molecular weight is 389 g/mol. The number of nitrogens with one attached hydrogen (secondary N) is 3. The first-order chi connectivity index (χ1) is 11.2. The van der Waals surface area contributed by atoms with E-state index in [1.165, 1.54) is 0 Å². The number of carbonyl (C=O) groups excluding carboxylic acids is 2. The fourth-order valence-electron chi connectivity index (χ4n) is 2.56. The van der Waals surface area contributed by atoms with E-state index in [-0.39, 0.29) is 35.9 Å². The molecular formula is C17H26Cl2N4O2. The lowest BCUT2D eigenvalue weighted by molar-refractivity contribution is 0.0709. The second-order valence-electron chi connectivity index (χ2n) is 7.13. The summed E-state index contributed by atoms with van der Waals surface area (Å²) >= 11 is 6.20. The van der Waals surface area contributed by atoms with Crippen molar-refractivity contribution in [1.29, 1.82) is 0 Å². The SMILES string of the molecule is CC1CN(C(=O)c2cc(NC(=O)NC(C)(C)C)ccc2Cl)CCN1.Cl. The van der Waals surface area contributed by atoms with Crippen molar-refractivity contribution in [2.75, 3.05) is 25.0 Å². The van der Waals surface area contributed by atoms with Crippen molar-refractivity contribution in [2.45, 2.75) is 39.3 Å². The molecule has 25 heavy (non-hydrogen) atoms. The van der Waals surface area contributed by atoms with Crippen LogP contribution in [0.15, 0.2) is 18.2 Å². The van der Waals surface area contributed by atoms with Gasteiger partial charge >= 0.3 is 6.03 Å². The summed E-state index contributed by atoms with van der Waals surface area (Å²) in [6.07, 6.45) is 0. The van der Waals surface area contributed by atoms with Crippen LogP contribution in [0.5, 0.6) is 0 Å². The Morgan fingerprint density at radius 1 is 1.32 bits per heavy atom. The monoisotopic (exact) mass is 388 g/mol. The van der Waals surface area contributed by atoms with Gasteiger partial charge < -0.3 is 20.9 Å². The average Bonchev–Trinajstić information content (AvgIpc) is 2.46. The van der Waals surface area contributed by atoms with Crippen LogP contribution in [0.1, 0.15) is 38.1 Å². The first kappa shape index (κ1) is 21.5. The molecule has 3 N–H and O–H groups in total. The summed E-state index contributed by atoms with van der Waals surface area (Å²) < 4.78 is 0. The van der Waals surface area contributed by atoms with Crippen molar-refractivity contribution in [2.24, 2.45) is 0 Å². The van der Waals surface area contributed by atoms with E-state index in [2.05, 4.69) is 16.0 Å². The van der Waals surface area contributed by atoms with E-state index in [0.717, 1.165) is 6.54 Å². The van der Waals surface area contributed by atoms with E-state index in [9.17, 15) is 9.59 Å². The Morgan fingerprint density at radius 3 is 2.60 bits per heavy atom. The minimum atomic E-state index is -0.341. The van der Waals surface area contributed by atoms with Crippen LogP contribution in [0, 0.1) is 0 Å². The number of amides is 3. The molecule has 140 valence electrons. The Kier molecular flexibility index (Phi) is 7.53. The number of carbonyl (C=O) groups is 2. The fourth-order valence-corrected chi connectivity index (χ4v) is 2.76. The molecule has 8 heteroatoms. The molecule has 0 aliphatic carbocycles. The molecule has 1 aliphatic rings. The van der Waals surface area contributed by atoms with Gasteiger partial charge in [0.05, 0.1) is 10.6 Å². The van der Waals surface area contributed by atoms with Crippen molar-refractivity contribution in [3.8, 4) is 0 Å². The summed E-state index contributed by atoms with van der Waals surface area (Å²) in [5, 5.41) is 9.24. The first-order valence-electron chi connectivity index (χ1n) is 8.07. The molecule has 1 fully saturated rings. The molecule has 0 bridgehead atoms. The van der Waals surface area contributed by atoms with Crippen LogP contribution in [0.3, 0.4) is 0 Å². The topological polar surface area (TPSA) is 73.5 Å². The highest BCUT2D eigenvalue weighted by molar-refractivity contribution is 6.34. The minimum absolute atomic E-state index is 0. The largest absolute Gasteiger partial charge is 0.336 e. The molecule has 0 saturated carbocycles. The van der Waals surface area contributed by atoms with Crippen molar-refractivity contribution in [3.05, 3.63) is 28.8 Å². The predicted octanol–water partition coefficient (Wildman–Crippen LogP) is 3.12. The minimum Gasteiger partial charge on any atom is -0.336 e. The lowest BCUT2D eigenvalue weighted by atomic mass is 10.1. The van der Waals surface area contributed by atoms with Crippen LogP contribution in [-0.4, -0.2) is 48.1 Å². The zero-order valence-corrected chi connectivity index (χ0v) is 16.6. The Morgan fingerprint density at radius 2 is 2.00 bits per heavy atom. The summed E-state index contributed by atoms with van der Waals surface area (Å²) in [6.45, 7) is 9.77. The van der Waals surface area contributed by atoms with Gasteiger partial charge in [-0.3, -0.25) is 4.79 Å². The zero-order valence-electron chi connectivity index (χ0n) is 15.0. The first-order valence-corrected chi connectivity index (χ1v) is 8.45. The number of rotatable bonds is 2. The summed E-state index contributed by atoms with van der Waals surface area (Å²) in [5.74, 6) is -0.117. The Hall–Kier alpha value is -1.50. The molecule has 1 heterocycles. The maximum atomic E-state index is 12.7. The summed E-state index contributed by atoms with van der Waals surface area (Å²) in [5.41, 5.74) is 0.596. The van der Waals surface area contributed by atoms with Gasteiger partial charge in [0.15, 0.2) is 0 Å². The molecule has 1 aliphatic heterocycles. The van der Waals surface area contributed by atoms with Crippen LogP contribution >= 0.6 is 24.0 Å². The van der Waals surface area contributed by atoms with Gasteiger partial charge in [-0.25, -0.2) is 4.79 Å². The smallest absolute Gasteiger partial charge is 0.319 e. The molecule has 1 aromatic carbocycles. The molecule has 3 amide bonds. The third kappa shape index (κ3) is 6.38. The summed E-state index contributed by atoms with van der Waals surface area (Å²) in [6, 6.07) is 4.87. The Labute approximate surface area is 160 Å². The van der Waals surface area contributed by atoms with Gasteiger partial charge in [-0.05, 0) is 45.9 Å². The van der Waals surface area contributed by atoms with Crippen LogP contribution in [-0.2, 0) is 0 Å². The van der Waals surface area contributed by atoms with E-state index >= 15 is 0 Å². The third-order valence-corrected chi connectivity index (χ3v) is 3.93. The van der Waals surface area contributed by atoms with Gasteiger partial charge in [0, 0.05) is 36.9 Å². The number of anilines is 1. The van der Waals surface area contributed by atoms with Gasteiger partial charge in [-0.1, -0.05) is 11.6 Å². The molecule has 6 nitrogen and oxygen atoms in total. The standard InChI is InChI=1S/C17H25ClN4O2.ClH/c1-11-10-22(8-7-19-11)15(23)13-9-12(5-6-14(13)18)20-16(24)21-17(2,3)4;/h5-6,9,11,19H,7-8,10H2,1-4H3,(H2,20,21,24);1H. The van der Waals surface area contributed by atoms with E-state index in [0.29, 0.717) is 29.4 Å². The van der Waals surface area contributed by atoms with E-state index in [1.54, 1.807) is 23.1 Å². The number of hydrogen-bond donors (Lipinski definition) is 3. The predicted molar refractivity (Wildman–Crippen MR) is 104 cm³/mol. The van der Waals surface area contributed by atoms with Crippen LogP contribution < -0.4 is 16.0 Å². The second kappa shape index (κ2) is 8.74. The molecule has 0 radical (unpaired) electrons. The van der Waals surface area contributed by atoms with Gasteiger partial charge in [0.1, 0.15) is 0 Å². The summed E-state index contributed by atoms with van der Waals surface area (Å²) in [7, 11) is 0. The molecule has 1 unspecified atom stereocenters. The third-order valence-electron chi connectivity index (χ3n) is 3.60. The number of halogens is 2. The lowest BCUT2D eigenvalue weighted by Gasteiger charge is -2.32. The van der Waals surface area contributed by atoms with Crippen molar-refractivity contribution in [1.82, 2.24) is 15.5 Å². The van der Waals surface area contributed by atoms with Gasteiger partial charge in [-0.15, -0.1) is 12.4 Å². The van der Waals surface area contributed by atoms with Gasteiger partial charge in [0.25, 0.3) is 5.91 Å². The van der Waals surface area contributed by atoms with Crippen LogP contribution in [0.4, 0.5) is 10.5 Å².